The van der Waals surface area contributed by atoms with E-state index in [9.17, 15) is 24.3 Å². The van der Waals surface area contributed by atoms with E-state index in [1.165, 1.54) is 11.3 Å². The van der Waals surface area contributed by atoms with Crippen LogP contribution in [-0.4, -0.2) is 51.1 Å². The van der Waals surface area contributed by atoms with Crippen molar-refractivity contribution < 1.29 is 24.6 Å². The standard InChI is InChI=1S/C21H22N4O6S/c1-11-22-15-9-12(3-4-13(15)19(28)23-11)10-25(2)17-7-6-16(32-17)20(29)24-14(21(30)31)5-8-18(26)27/h3-4,6-7,9,14H,5,8,10H2,1-2H3,(H,24,29)(H,26,27)(H,30,31)(H,22,23,28). The van der Waals surface area contributed by atoms with Crippen LogP contribution in [0.2, 0.25) is 0 Å². The average molecular weight is 458 g/mol. The number of H-pyrrole nitrogens is 1. The molecule has 3 aromatic rings. The maximum atomic E-state index is 12.4. The quantitative estimate of drug-likeness (QED) is 0.380. The smallest absolute Gasteiger partial charge is 0.326 e. The number of carbonyl (C=O) groups is 3. The Labute approximate surface area is 186 Å². The Morgan fingerprint density at radius 3 is 2.66 bits per heavy atom. The number of aromatic nitrogens is 2. The van der Waals surface area contributed by atoms with Crippen LogP contribution in [0.3, 0.4) is 0 Å². The fraction of sp³-hybridized carbons (Fsp3) is 0.286. The summed E-state index contributed by atoms with van der Waals surface area (Å²) in [4.78, 5) is 55.7. The third-order valence-corrected chi connectivity index (χ3v) is 5.95. The van der Waals surface area contributed by atoms with Crippen molar-refractivity contribution in [1.82, 2.24) is 15.3 Å². The molecule has 1 aromatic carbocycles. The van der Waals surface area contributed by atoms with E-state index in [2.05, 4.69) is 15.3 Å². The van der Waals surface area contributed by atoms with Gasteiger partial charge in [-0.15, -0.1) is 11.3 Å². The van der Waals surface area contributed by atoms with Crippen LogP contribution in [0, 0.1) is 6.92 Å². The second-order valence-electron chi connectivity index (χ2n) is 7.29. The molecule has 0 saturated carbocycles. The van der Waals surface area contributed by atoms with E-state index in [1.807, 2.05) is 24.1 Å². The maximum Gasteiger partial charge on any atom is 0.326 e. The molecule has 0 bridgehead atoms. The van der Waals surface area contributed by atoms with Gasteiger partial charge in [0.25, 0.3) is 11.5 Å². The van der Waals surface area contributed by atoms with Crippen molar-refractivity contribution in [2.45, 2.75) is 32.4 Å². The number of hydrogen-bond acceptors (Lipinski definition) is 7. The predicted molar refractivity (Wildman–Crippen MR) is 119 cm³/mol. The lowest BCUT2D eigenvalue weighted by molar-refractivity contribution is -0.140. The van der Waals surface area contributed by atoms with Crippen LogP contribution in [0.5, 0.6) is 0 Å². The molecule has 32 heavy (non-hydrogen) atoms. The summed E-state index contributed by atoms with van der Waals surface area (Å²) in [5.74, 6) is -2.45. The Hall–Kier alpha value is -3.73. The van der Waals surface area contributed by atoms with Crippen LogP contribution in [0.15, 0.2) is 35.1 Å². The zero-order chi connectivity index (χ0) is 23.4. The van der Waals surface area contributed by atoms with E-state index in [0.29, 0.717) is 28.1 Å². The number of thiophene rings is 1. The molecule has 0 aliphatic heterocycles. The Kier molecular flexibility index (Phi) is 6.89. The van der Waals surface area contributed by atoms with Crippen molar-refractivity contribution >= 4 is 45.1 Å². The number of carbonyl (C=O) groups excluding carboxylic acids is 1. The summed E-state index contributed by atoms with van der Waals surface area (Å²) in [6, 6.07) is 7.47. The van der Waals surface area contributed by atoms with E-state index in [4.69, 9.17) is 5.11 Å². The van der Waals surface area contributed by atoms with Gasteiger partial charge < -0.3 is 25.4 Å². The van der Waals surface area contributed by atoms with Gasteiger partial charge in [0.15, 0.2) is 0 Å². The van der Waals surface area contributed by atoms with Gasteiger partial charge in [0.2, 0.25) is 0 Å². The Morgan fingerprint density at radius 1 is 1.22 bits per heavy atom. The summed E-state index contributed by atoms with van der Waals surface area (Å²) in [6.07, 6.45) is -0.561. The topological polar surface area (TPSA) is 153 Å². The fourth-order valence-electron chi connectivity index (χ4n) is 3.16. The van der Waals surface area contributed by atoms with Gasteiger partial charge in [0.1, 0.15) is 11.9 Å². The van der Waals surface area contributed by atoms with Crippen molar-refractivity contribution in [1.29, 1.82) is 0 Å². The van der Waals surface area contributed by atoms with Crippen LogP contribution in [-0.2, 0) is 16.1 Å². The van der Waals surface area contributed by atoms with Gasteiger partial charge >= 0.3 is 11.9 Å². The van der Waals surface area contributed by atoms with Gasteiger partial charge in [-0.05, 0) is 43.2 Å². The van der Waals surface area contributed by atoms with Crippen LogP contribution in [0.1, 0.15) is 33.9 Å². The van der Waals surface area contributed by atoms with Gasteiger partial charge in [-0.3, -0.25) is 14.4 Å². The highest BCUT2D eigenvalue weighted by Crippen LogP contribution is 2.27. The molecule has 2 aromatic heterocycles. The minimum Gasteiger partial charge on any atom is -0.481 e. The van der Waals surface area contributed by atoms with Gasteiger partial charge in [0, 0.05) is 20.0 Å². The first-order valence-electron chi connectivity index (χ1n) is 9.70. The van der Waals surface area contributed by atoms with Crippen molar-refractivity contribution in [2.24, 2.45) is 0 Å². The van der Waals surface area contributed by atoms with Crippen molar-refractivity contribution in [2.75, 3.05) is 11.9 Å². The van der Waals surface area contributed by atoms with Crippen LogP contribution in [0.4, 0.5) is 5.00 Å². The second-order valence-corrected chi connectivity index (χ2v) is 8.36. The minimum atomic E-state index is -1.28. The normalized spacial score (nSPS) is 11.8. The number of amides is 1. The molecular formula is C21H22N4O6S. The number of nitrogens with one attached hydrogen (secondary N) is 2. The first kappa shape index (κ1) is 22.9. The monoisotopic (exact) mass is 458 g/mol. The molecule has 4 N–H and O–H groups in total. The van der Waals surface area contributed by atoms with E-state index >= 15 is 0 Å². The molecular weight excluding hydrogens is 436 g/mol. The third-order valence-electron chi connectivity index (χ3n) is 4.75. The third kappa shape index (κ3) is 5.49. The first-order chi connectivity index (χ1) is 15.1. The first-order valence-corrected chi connectivity index (χ1v) is 10.5. The van der Waals surface area contributed by atoms with Crippen molar-refractivity contribution in [3.05, 3.63) is 57.0 Å². The van der Waals surface area contributed by atoms with Gasteiger partial charge in [-0.1, -0.05) is 6.07 Å². The predicted octanol–water partition coefficient (Wildman–Crippen LogP) is 1.98. The highest BCUT2D eigenvalue weighted by Gasteiger charge is 2.22. The zero-order valence-corrected chi connectivity index (χ0v) is 18.2. The molecule has 1 atom stereocenters. The van der Waals surface area contributed by atoms with Gasteiger partial charge in [-0.25, -0.2) is 9.78 Å². The number of aromatic amines is 1. The van der Waals surface area contributed by atoms with E-state index in [1.54, 1.807) is 25.1 Å². The van der Waals surface area contributed by atoms with Gasteiger partial charge in [0.05, 0.1) is 20.8 Å². The molecule has 0 aliphatic rings. The molecule has 2 heterocycles. The molecule has 1 unspecified atom stereocenters. The molecule has 3 rings (SSSR count). The summed E-state index contributed by atoms with van der Waals surface area (Å²) in [5, 5.41) is 21.6. The lowest BCUT2D eigenvalue weighted by Crippen LogP contribution is -2.40. The number of nitrogens with zero attached hydrogens (tertiary/aromatic N) is 2. The fourth-order valence-corrected chi connectivity index (χ4v) is 4.03. The molecule has 0 fully saturated rings. The van der Waals surface area contributed by atoms with Crippen LogP contribution >= 0.6 is 11.3 Å². The number of anilines is 1. The number of carboxylic acid groups (broad SMARTS) is 2. The molecule has 0 aliphatic carbocycles. The van der Waals surface area contributed by atoms with Crippen LogP contribution < -0.4 is 15.8 Å². The number of carboxylic acids is 2. The molecule has 1 amide bonds. The Balaban J connectivity index is 1.70. The average Bonchev–Trinajstić information content (AvgIpc) is 3.20. The number of rotatable bonds is 9. The molecule has 0 radical (unpaired) electrons. The number of benzene rings is 1. The summed E-state index contributed by atoms with van der Waals surface area (Å²) >= 11 is 1.19. The Bertz CT molecular complexity index is 1230. The lowest BCUT2D eigenvalue weighted by atomic mass is 10.1. The summed E-state index contributed by atoms with van der Waals surface area (Å²) < 4.78 is 0. The largest absolute Gasteiger partial charge is 0.481 e. The highest BCUT2D eigenvalue weighted by molar-refractivity contribution is 7.17. The second kappa shape index (κ2) is 9.60. The summed E-state index contributed by atoms with van der Waals surface area (Å²) in [5.41, 5.74) is 1.34. The van der Waals surface area contributed by atoms with Crippen molar-refractivity contribution in [3.63, 3.8) is 0 Å². The zero-order valence-electron chi connectivity index (χ0n) is 17.4. The van der Waals surface area contributed by atoms with Crippen molar-refractivity contribution in [3.8, 4) is 0 Å². The van der Waals surface area contributed by atoms with E-state index < -0.39 is 23.9 Å². The maximum absolute atomic E-state index is 12.4. The molecule has 0 spiro atoms. The Morgan fingerprint density at radius 2 is 1.97 bits per heavy atom. The SMILES string of the molecule is Cc1nc2cc(CN(C)c3ccc(C(=O)NC(CCC(=O)O)C(=O)O)s3)ccc2c(=O)[nH]1. The number of hydrogen-bond donors (Lipinski definition) is 4. The summed E-state index contributed by atoms with van der Waals surface area (Å²) in [7, 11) is 1.85. The minimum absolute atomic E-state index is 0.190. The summed E-state index contributed by atoms with van der Waals surface area (Å²) in [6.45, 7) is 2.22. The molecule has 168 valence electrons. The number of fused-ring (bicyclic) bond motifs is 1. The molecule has 0 saturated heterocycles. The lowest BCUT2D eigenvalue weighted by Gasteiger charge is -2.17. The number of aliphatic carboxylic acids is 2. The molecule has 10 nitrogen and oxygen atoms in total. The number of aryl methyl sites for hydroxylation is 1. The van der Waals surface area contributed by atoms with Crippen LogP contribution in [0.25, 0.3) is 10.9 Å². The highest BCUT2D eigenvalue weighted by atomic mass is 32.1. The van der Waals surface area contributed by atoms with E-state index in [0.717, 1.165) is 10.6 Å². The van der Waals surface area contributed by atoms with Gasteiger partial charge in [-0.2, -0.15) is 0 Å². The van der Waals surface area contributed by atoms with E-state index in [-0.39, 0.29) is 18.4 Å². The molecule has 11 heteroatoms.